The lowest BCUT2D eigenvalue weighted by molar-refractivity contribution is -0.108. The molecule has 8 rings (SSSR count). The van der Waals surface area contributed by atoms with Crippen molar-refractivity contribution in [2.45, 2.75) is 80.6 Å². The second kappa shape index (κ2) is 14.9. The fraction of sp³-hybridized carbons (Fsp3) is 0.634. The number of benzene rings is 2. The number of rotatable bonds is 4. The first-order valence-electron chi connectivity index (χ1n) is 19.5. The number of carbonyl (C=O) groups excluding carboxylic acids is 1. The fourth-order valence-corrected chi connectivity index (χ4v) is 11.2. The van der Waals surface area contributed by atoms with Crippen LogP contribution in [0.2, 0.25) is 0 Å². The van der Waals surface area contributed by atoms with E-state index in [-0.39, 0.29) is 16.6 Å². The Labute approximate surface area is 306 Å². The SMILES string of the molecule is CCC1CC/C=C/[C@@](CN2CCN3CCOCC3C2)(OC)C2CCC2CN2C[C@@]3(CCCc4ccccc43)COc3ccc(cc32)C(=O)NS1=O. The first-order chi connectivity index (χ1) is 24.9. The zero-order valence-corrected chi connectivity index (χ0v) is 31.3. The van der Waals surface area contributed by atoms with Gasteiger partial charge in [-0.25, -0.2) is 4.21 Å². The van der Waals surface area contributed by atoms with Crippen LogP contribution < -0.4 is 14.4 Å². The van der Waals surface area contributed by atoms with Gasteiger partial charge in [0.05, 0.1) is 30.8 Å². The summed E-state index contributed by atoms with van der Waals surface area (Å²) in [5.41, 5.74) is 3.74. The van der Waals surface area contributed by atoms with E-state index in [1.165, 1.54) is 11.1 Å². The van der Waals surface area contributed by atoms with Crippen molar-refractivity contribution in [1.29, 1.82) is 0 Å². The van der Waals surface area contributed by atoms with Crippen LogP contribution in [-0.4, -0.2) is 110 Å². The Bertz CT molecular complexity index is 1640. The van der Waals surface area contributed by atoms with Crippen molar-refractivity contribution < 1.29 is 23.2 Å². The molecule has 2 bridgehead atoms. The third kappa shape index (κ3) is 6.92. The summed E-state index contributed by atoms with van der Waals surface area (Å²) in [4.78, 5) is 21.4. The van der Waals surface area contributed by atoms with Crippen LogP contribution in [0.5, 0.6) is 5.75 Å². The van der Waals surface area contributed by atoms with Crippen molar-refractivity contribution in [2.75, 3.05) is 77.6 Å². The van der Waals surface area contributed by atoms with Gasteiger partial charge in [0.15, 0.2) is 0 Å². The Hall–Kier alpha value is -2.76. The van der Waals surface area contributed by atoms with Gasteiger partial charge in [0.25, 0.3) is 5.91 Å². The van der Waals surface area contributed by atoms with Crippen LogP contribution >= 0.6 is 0 Å². The van der Waals surface area contributed by atoms with Gasteiger partial charge in [-0.3, -0.25) is 19.3 Å². The van der Waals surface area contributed by atoms with E-state index in [4.69, 9.17) is 14.2 Å². The molecule has 276 valence electrons. The fourth-order valence-electron chi connectivity index (χ4n) is 10.1. The largest absolute Gasteiger partial charge is 0.490 e. The molecule has 9 nitrogen and oxygen atoms in total. The zero-order valence-electron chi connectivity index (χ0n) is 30.5. The summed E-state index contributed by atoms with van der Waals surface area (Å²) in [5, 5.41) is -0.133. The van der Waals surface area contributed by atoms with Crippen molar-refractivity contribution in [1.82, 2.24) is 14.5 Å². The molecule has 1 N–H and O–H groups in total. The zero-order chi connectivity index (χ0) is 35.0. The number of methoxy groups -OCH3 is 1. The molecule has 3 fully saturated rings. The minimum absolute atomic E-state index is 0.133. The minimum Gasteiger partial charge on any atom is -0.490 e. The maximum absolute atomic E-state index is 13.6. The number of ether oxygens (including phenoxy) is 3. The highest BCUT2D eigenvalue weighted by Gasteiger charge is 2.50. The minimum atomic E-state index is -1.50. The standard InChI is InChI=1S/C41H56N4O5S/c1-3-34-11-6-7-18-41(48-2,28-43-19-20-44-21-22-49-26-33(44)25-43)36-15-13-32(36)24-45-27-40(17-8-10-30-9-4-5-12-35(30)40)29-50-38-16-14-31(23-37(38)45)39(46)42-51(34)47/h4-5,7,9,12,14,16,18,23,32-34,36H,3,6,8,10-11,13,15,17,19-22,24-29H2,1-2H3,(H,42,46)/b18-7+/t32?,33?,34?,36?,40-,41-,51?/m0/s1. The average molecular weight is 717 g/mol. The number of allylic oxidation sites excluding steroid dienone is 1. The molecule has 7 atom stereocenters. The van der Waals surface area contributed by atoms with Gasteiger partial charge in [-0.05, 0) is 92.5 Å². The normalized spacial score (nSPS) is 35.3. The Kier molecular flexibility index (Phi) is 10.3. The number of piperazine rings is 1. The van der Waals surface area contributed by atoms with E-state index in [0.717, 1.165) is 122 Å². The molecule has 1 saturated carbocycles. The van der Waals surface area contributed by atoms with E-state index in [1.54, 1.807) is 0 Å². The third-order valence-electron chi connectivity index (χ3n) is 13.1. The molecule has 0 radical (unpaired) electrons. The smallest absolute Gasteiger partial charge is 0.263 e. The van der Waals surface area contributed by atoms with Crippen molar-refractivity contribution in [3.05, 3.63) is 71.3 Å². The van der Waals surface area contributed by atoms with E-state index < -0.39 is 16.6 Å². The van der Waals surface area contributed by atoms with Crippen LogP contribution in [0.4, 0.5) is 5.69 Å². The van der Waals surface area contributed by atoms with Gasteiger partial charge in [0, 0.05) is 69.9 Å². The lowest BCUT2D eigenvalue weighted by atomic mass is 9.63. The molecule has 1 spiro atoms. The van der Waals surface area contributed by atoms with Crippen molar-refractivity contribution in [3.8, 4) is 5.75 Å². The summed E-state index contributed by atoms with van der Waals surface area (Å²) in [6.45, 7) is 11.0. The van der Waals surface area contributed by atoms with Gasteiger partial charge in [0.1, 0.15) is 22.3 Å². The van der Waals surface area contributed by atoms with E-state index in [1.807, 2.05) is 25.3 Å². The molecule has 2 saturated heterocycles. The van der Waals surface area contributed by atoms with E-state index in [0.29, 0.717) is 30.0 Å². The molecule has 10 heteroatoms. The van der Waals surface area contributed by atoms with Crippen molar-refractivity contribution in [2.24, 2.45) is 11.8 Å². The highest BCUT2D eigenvalue weighted by atomic mass is 32.2. The molecular weight excluding hydrogens is 661 g/mol. The summed E-state index contributed by atoms with van der Waals surface area (Å²) >= 11 is 0. The number of nitrogens with zero attached hydrogens (tertiary/aromatic N) is 3. The summed E-state index contributed by atoms with van der Waals surface area (Å²) in [5.74, 6) is 1.29. The van der Waals surface area contributed by atoms with Crippen LogP contribution in [-0.2, 0) is 32.3 Å². The highest BCUT2D eigenvalue weighted by molar-refractivity contribution is 7.84. The maximum Gasteiger partial charge on any atom is 0.263 e. The predicted molar refractivity (Wildman–Crippen MR) is 202 cm³/mol. The third-order valence-corrected chi connectivity index (χ3v) is 14.7. The van der Waals surface area contributed by atoms with Gasteiger partial charge in [-0.2, -0.15) is 0 Å². The number of hydrogen-bond acceptors (Lipinski definition) is 8. The first-order valence-corrected chi connectivity index (χ1v) is 20.7. The maximum atomic E-state index is 13.6. The number of aryl methyl sites for hydroxylation is 1. The molecule has 2 aliphatic carbocycles. The number of anilines is 1. The number of fused-ring (bicyclic) bond motifs is 5. The summed E-state index contributed by atoms with van der Waals surface area (Å²) in [7, 11) is 0.414. The van der Waals surface area contributed by atoms with Crippen LogP contribution in [0, 0.1) is 11.8 Å². The summed E-state index contributed by atoms with van der Waals surface area (Å²) in [6.07, 6.45) is 12.4. The Morgan fingerprint density at radius 1 is 1.08 bits per heavy atom. The molecule has 0 aromatic heterocycles. The number of hydrogen-bond donors (Lipinski definition) is 1. The molecule has 4 aliphatic heterocycles. The van der Waals surface area contributed by atoms with Crippen molar-refractivity contribution in [3.63, 3.8) is 0 Å². The van der Waals surface area contributed by atoms with Gasteiger partial charge >= 0.3 is 0 Å². The topological polar surface area (TPSA) is 83.6 Å². The Balaban J connectivity index is 1.16. The molecule has 6 aliphatic rings. The van der Waals surface area contributed by atoms with E-state index in [9.17, 15) is 9.00 Å². The van der Waals surface area contributed by atoms with Crippen LogP contribution in [0.3, 0.4) is 0 Å². The number of amides is 1. The number of morpholine rings is 1. The molecule has 1 amide bonds. The Morgan fingerprint density at radius 2 is 1.98 bits per heavy atom. The lowest BCUT2D eigenvalue weighted by Crippen LogP contribution is -2.62. The average Bonchev–Trinajstić information content (AvgIpc) is 3.29. The molecular formula is C41H56N4O5S. The van der Waals surface area contributed by atoms with Gasteiger partial charge < -0.3 is 19.1 Å². The molecule has 51 heavy (non-hydrogen) atoms. The van der Waals surface area contributed by atoms with Crippen LogP contribution in [0.1, 0.15) is 73.4 Å². The van der Waals surface area contributed by atoms with Gasteiger partial charge in [0.2, 0.25) is 0 Å². The Morgan fingerprint density at radius 3 is 2.82 bits per heavy atom. The number of carbonyl (C=O) groups is 1. The summed E-state index contributed by atoms with van der Waals surface area (Å²) < 4.78 is 35.8. The highest BCUT2D eigenvalue weighted by Crippen LogP contribution is 2.49. The van der Waals surface area contributed by atoms with Gasteiger partial charge in [-0.1, -0.05) is 43.3 Å². The van der Waals surface area contributed by atoms with Crippen molar-refractivity contribution >= 4 is 22.6 Å². The second-order valence-electron chi connectivity index (χ2n) is 16.0. The van der Waals surface area contributed by atoms with E-state index in [2.05, 4.69) is 62.8 Å². The van der Waals surface area contributed by atoms with E-state index >= 15 is 0 Å². The second-order valence-corrected chi connectivity index (χ2v) is 17.4. The number of nitrogens with one attached hydrogen (secondary N) is 1. The molecule has 5 unspecified atom stereocenters. The summed E-state index contributed by atoms with van der Waals surface area (Å²) in [6, 6.07) is 15.2. The molecule has 2 aromatic carbocycles. The van der Waals surface area contributed by atoms with Crippen LogP contribution in [0.15, 0.2) is 54.6 Å². The monoisotopic (exact) mass is 716 g/mol. The molecule has 4 heterocycles. The van der Waals surface area contributed by atoms with Gasteiger partial charge in [-0.15, -0.1) is 0 Å². The predicted octanol–water partition coefficient (Wildman–Crippen LogP) is 5.11. The first kappa shape index (κ1) is 35.3. The quantitative estimate of drug-likeness (QED) is 0.438. The lowest BCUT2D eigenvalue weighted by Gasteiger charge is -2.53. The molecule has 2 aromatic rings. The van der Waals surface area contributed by atoms with Crippen LogP contribution in [0.25, 0.3) is 0 Å².